The van der Waals surface area contributed by atoms with Crippen LogP contribution in [0.4, 0.5) is 5.69 Å². The lowest BCUT2D eigenvalue weighted by atomic mass is 10.1. The Morgan fingerprint density at radius 2 is 1.81 bits per heavy atom. The molecule has 1 N–H and O–H groups in total. The highest BCUT2D eigenvalue weighted by molar-refractivity contribution is 9.10. The number of hydrogen-bond donors (Lipinski definition) is 1. The Labute approximate surface area is 163 Å². The van der Waals surface area contributed by atoms with E-state index in [0.717, 1.165) is 42.9 Å². The maximum absolute atomic E-state index is 12.0. The fourth-order valence-electron chi connectivity index (χ4n) is 3.03. The molecule has 3 rings (SSSR count). The van der Waals surface area contributed by atoms with E-state index in [9.17, 15) is 8.42 Å². The zero-order valence-electron chi connectivity index (χ0n) is 14.7. The maximum Gasteiger partial charge on any atom is 0.177 e. The average molecular weight is 439 g/mol. The van der Waals surface area contributed by atoms with Crippen LogP contribution in [0.1, 0.15) is 11.1 Å². The summed E-state index contributed by atoms with van der Waals surface area (Å²) in [5, 5.41) is 3.28. The molecular formula is C19H23BrN2O3S. The molecular weight excluding hydrogens is 416 g/mol. The number of rotatable bonds is 6. The van der Waals surface area contributed by atoms with Crippen molar-refractivity contribution in [2.75, 3.05) is 37.9 Å². The first kappa shape index (κ1) is 19.4. The summed E-state index contributed by atoms with van der Waals surface area (Å²) in [7, 11) is -3.30. The normalized spacial score (nSPS) is 15.8. The van der Waals surface area contributed by atoms with Crippen LogP contribution in [0.15, 0.2) is 51.8 Å². The molecule has 1 aliphatic rings. The molecule has 0 aromatic heterocycles. The molecule has 0 spiro atoms. The monoisotopic (exact) mass is 438 g/mol. The fraction of sp³-hybridized carbons (Fsp3) is 0.368. The first-order valence-electron chi connectivity index (χ1n) is 8.54. The quantitative estimate of drug-likeness (QED) is 0.749. The van der Waals surface area contributed by atoms with Gasteiger partial charge in [-0.2, -0.15) is 0 Å². The van der Waals surface area contributed by atoms with E-state index in [2.05, 4.69) is 38.3 Å². The standard InChI is InChI=1S/C19H23BrN2O3S/c1-26(23,24)18-7-3-6-17(20)19(18)21-13-15-4-2-5-16(12-15)14-22-8-10-25-11-9-22/h2-7,12,21H,8-11,13-14H2,1H3. The molecule has 26 heavy (non-hydrogen) atoms. The van der Waals surface area contributed by atoms with Crippen molar-refractivity contribution < 1.29 is 13.2 Å². The summed E-state index contributed by atoms with van der Waals surface area (Å²) in [6.45, 7) is 4.95. The van der Waals surface area contributed by atoms with Crippen molar-refractivity contribution >= 4 is 31.5 Å². The lowest BCUT2D eigenvalue weighted by Gasteiger charge is -2.26. The number of morpholine rings is 1. The molecule has 0 aliphatic carbocycles. The van der Waals surface area contributed by atoms with Gasteiger partial charge in [0.15, 0.2) is 9.84 Å². The molecule has 2 aromatic rings. The summed E-state index contributed by atoms with van der Waals surface area (Å²) in [4.78, 5) is 2.68. The van der Waals surface area contributed by atoms with Crippen LogP contribution in [-0.4, -0.2) is 45.9 Å². The summed E-state index contributed by atoms with van der Waals surface area (Å²) in [6, 6.07) is 13.6. The topological polar surface area (TPSA) is 58.6 Å². The second-order valence-electron chi connectivity index (χ2n) is 6.45. The zero-order valence-corrected chi connectivity index (χ0v) is 17.1. The molecule has 140 valence electrons. The minimum absolute atomic E-state index is 0.302. The first-order valence-corrected chi connectivity index (χ1v) is 11.2. The number of nitrogens with one attached hydrogen (secondary N) is 1. The second kappa shape index (κ2) is 8.52. The average Bonchev–Trinajstić information content (AvgIpc) is 2.61. The molecule has 2 aromatic carbocycles. The molecule has 1 heterocycles. The number of nitrogens with zero attached hydrogens (tertiary/aromatic N) is 1. The van der Waals surface area contributed by atoms with Crippen LogP contribution in [0.25, 0.3) is 0 Å². The van der Waals surface area contributed by atoms with E-state index in [1.165, 1.54) is 11.8 Å². The molecule has 0 bridgehead atoms. The number of ether oxygens (including phenoxy) is 1. The van der Waals surface area contributed by atoms with E-state index in [1.54, 1.807) is 12.1 Å². The highest BCUT2D eigenvalue weighted by Gasteiger charge is 2.15. The number of sulfone groups is 1. The van der Waals surface area contributed by atoms with Crippen molar-refractivity contribution in [2.24, 2.45) is 0 Å². The molecule has 0 radical (unpaired) electrons. The lowest BCUT2D eigenvalue weighted by molar-refractivity contribution is 0.0342. The number of anilines is 1. The molecule has 0 amide bonds. The Kier molecular flexibility index (Phi) is 6.34. The van der Waals surface area contributed by atoms with Crippen molar-refractivity contribution in [1.82, 2.24) is 4.90 Å². The third-order valence-corrected chi connectivity index (χ3v) is 6.15. The highest BCUT2D eigenvalue weighted by atomic mass is 79.9. The van der Waals surface area contributed by atoms with E-state index in [4.69, 9.17) is 4.74 Å². The Morgan fingerprint density at radius 1 is 1.12 bits per heavy atom. The smallest absolute Gasteiger partial charge is 0.177 e. The number of hydrogen-bond acceptors (Lipinski definition) is 5. The Morgan fingerprint density at radius 3 is 2.54 bits per heavy atom. The van der Waals surface area contributed by atoms with Gasteiger partial charge < -0.3 is 10.1 Å². The van der Waals surface area contributed by atoms with Gasteiger partial charge in [0.2, 0.25) is 0 Å². The van der Waals surface area contributed by atoms with Crippen LogP contribution in [0, 0.1) is 0 Å². The zero-order chi connectivity index (χ0) is 18.6. The largest absolute Gasteiger partial charge is 0.379 e. The Bertz CT molecular complexity index is 865. The Balaban J connectivity index is 1.72. The minimum Gasteiger partial charge on any atom is -0.379 e. The van der Waals surface area contributed by atoms with Crippen LogP contribution >= 0.6 is 15.9 Å². The SMILES string of the molecule is CS(=O)(=O)c1cccc(Br)c1NCc1cccc(CN2CCOCC2)c1. The van der Waals surface area contributed by atoms with E-state index in [0.29, 0.717) is 17.1 Å². The van der Waals surface area contributed by atoms with Crippen LogP contribution in [0.2, 0.25) is 0 Å². The third kappa shape index (κ3) is 5.07. The predicted octanol–water partition coefficient (Wildman–Crippen LogP) is 3.30. The third-order valence-electron chi connectivity index (χ3n) is 4.35. The van der Waals surface area contributed by atoms with Gasteiger partial charge in [-0.1, -0.05) is 30.3 Å². The van der Waals surface area contributed by atoms with E-state index in [1.807, 2.05) is 18.2 Å². The van der Waals surface area contributed by atoms with Crippen LogP contribution < -0.4 is 5.32 Å². The first-order chi connectivity index (χ1) is 12.4. The van der Waals surface area contributed by atoms with Gasteiger partial charge in [-0.3, -0.25) is 4.90 Å². The second-order valence-corrected chi connectivity index (χ2v) is 9.29. The molecule has 1 fully saturated rings. The minimum atomic E-state index is -3.30. The van der Waals surface area contributed by atoms with E-state index in [-0.39, 0.29) is 0 Å². The van der Waals surface area contributed by atoms with Gasteiger partial charge in [0.25, 0.3) is 0 Å². The number of para-hydroxylation sites is 1. The summed E-state index contributed by atoms with van der Waals surface area (Å²) in [5.74, 6) is 0. The van der Waals surface area contributed by atoms with Gasteiger partial charge in [0, 0.05) is 36.9 Å². The van der Waals surface area contributed by atoms with Gasteiger partial charge in [0.1, 0.15) is 0 Å². The molecule has 7 heteroatoms. The number of halogens is 1. The van der Waals surface area contributed by atoms with Crippen molar-refractivity contribution in [3.8, 4) is 0 Å². The van der Waals surface area contributed by atoms with Crippen molar-refractivity contribution in [3.63, 3.8) is 0 Å². The highest BCUT2D eigenvalue weighted by Crippen LogP contribution is 2.30. The molecule has 1 saturated heterocycles. The van der Waals surface area contributed by atoms with Crippen molar-refractivity contribution in [3.05, 3.63) is 58.1 Å². The van der Waals surface area contributed by atoms with Crippen LogP contribution in [0.5, 0.6) is 0 Å². The van der Waals surface area contributed by atoms with E-state index >= 15 is 0 Å². The van der Waals surface area contributed by atoms with E-state index < -0.39 is 9.84 Å². The van der Waals surface area contributed by atoms with Gasteiger partial charge in [-0.25, -0.2) is 8.42 Å². The van der Waals surface area contributed by atoms with Gasteiger partial charge >= 0.3 is 0 Å². The Hall–Kier alpha value is -1.41. The summed E-state index contributed by atoms with van der Waals surface area (Å²) < 4.78 is 30.2. The van der Waals surface area contributed by atoms with Gasteiger partial charge in [0.05, 0.1) is 23.8 Å². The van der Waals surface area contributed by atoms with Gasteiger partial charge in [-0.15, -0.1) is 0 Å². The molecule has 5 nitrogen and oxygen atoms in total. The van der Waals surface area contributed by atoms with Crippen molar-refractivity contribution in [1.29, 1.82) is 0 Å². The lowest BCUT2D eigenvalue weighted by Crippen LogP contribution is -2.35. The molecule has 0 unspecified atom stereocenters. The number of benzene rings is 2. The molecule has 1 aliphatic heterocycles. The molecule has 0 saturated carbocycles. The van der Waals surface area contributed by atoms with Gasteiger partial charge in [-0.05, 0) is 39.2 Å². The van der Waals surface area contributed by atoms with Crippen LogP contribution in [0.3, 0.4) is 0 Å². The maximum atomic E-state index is 12.0. The fourth-order valence-corrected chi connectivity index (χ4v) is 4.55. The van der Waals surface area contributed by atoms with Crippen LogP contribution in [-0.2, 0) is 27.7 Å². The summed E-state index contributed by atoms with van der Waals surface area (Å²) >= 11 is 3.45. The summed E-state index contributed by atoms with van der Waals surface area (Å²) in [5.41, 5.74) is 2.97. The van der Waals surface area contributed by atoms with Crippen molar-refractivity contribution in [2.45, 2.75) is 18.0 Å². The molecule has 0 atom stereocenters. The predicted molar refractivity (Wildman–Crippen MR) is 107 cm³/mol. The summed E-state index contributed by atoms with van der Waals surface area (Å²) in [6.07, 6.45) is 1.23.